The Labute approximate surface area is 92.8 Å². The summed E-state index contributed by atoms with van der Waals surface area (Å²) in [5.41, 5.74) is -0.292. The van der Waals surface area contributed by atoms with Crippen molar-refractivity contribution in [3.63, 3.8) is 0 Å². The van der Waals surface area contributed by atoms with Crippen LogP contribution in [0.4, 0.5) is 0 Å². The molecule has 0 radical (unpaired) electrons. The van der Waals surface area contributed by atoms with E-state index in [1.54, 1.807) is 18.4 Å². The smallest absolute Gasteiger partial charge is 0.330 e. The highest BCUT2D eigenvalue weighted by Crippen LogP contribution is 2.28. The van der Waals surface area contributed by atoms with E-state index in [0.717, 1.165) is 5.57 Å². The maximum absolute atomic E-state index is 11.4. The number of rotatable bonds is 1. The Morgan fingerprint density at radius 1 is 1.62 bits per heavy atom. The van der Waals surface area contributed by atoms with Gasteiger partial charge in [-0.3, -0.25) is 4.79 Å². The first kappa shape index (κ1) is 10.6. The number of carboxylic acid groups (broad SMARTS) is 1. The Hall–Kier alpha value is -1.91. The highest BCUT2D eigenvalue weighted by molar-refractivity contribution is 6.08. The molecule has 2 aliphatic rings. The molecule has 0 spiro atoms. The number of aliphatic imine (C=N–C) groups is 1. The predicted octanol–water partition coefficient (Wildman–Crippen LogP) is 0.934. The van der Waals surface area contributed by atoms with E-state index in [9.17, 15) is 14.7 Å². The van der Waals surface area contributed by atoms with Crippen molar-refractivity contribution < 1.29 is 14.7 Å². The average molecular weight is 220 g/mol. The number of fused-ring (bicyclic) bond motifs is 1. The van der Waals surface area contributed by atoms with Crippen LogP contribution in [0.25, 0.3) is 0 Å². The summed E-state index contributed by atoms with van der Waals surface area (Å²) in [7, 11) is 0. The van der Waals surface area contributed by atoms with E-state index in [1.165, 1.54) is 11.8 Å². The van der Waals surface area contributed by atoms with E-state index in [0.29, 0.717) is 5.84 Å². The number of amidine groups is 1. The van der Waals surface area contributed by atoms with Gasteiger partial charge in [-0.25, -0.2) is 4.79 Å². The van der Waals surface area contributed by atoms with E-state index < -0.39 is 17.4 Å². The first-order valence-electron chi connectivity index (χ1n) is 4.94. The molecule has 0 aromatic rings. The highest BCUT2D eigenvalue weighted by atomic mass is 16.4. The van der Waals surface area contributed by atoms with Gasteiger partial charge in [-0.1, -0.05) is 0 Å². The SMILES string of the molecule is CC1=CC2=NC(=O)C[C@@](C)(C(=O)O)N2C=C1. The molecule has 1 N–H and O–H groups in total. The second-order valence-electron chi connectivity index (χ2n) is 4.19. The van der Waals surface area contributed by atoms with Crippen LogP contribution in [-0.4, -0.2) is 33.3 Å². The van der Waals surface area contributed by atoms with Crippen LogP contribution in [0.2, 0.25) is 0 Å². The number of hydrogen-bond acceptors (Lipinski definition) is 3. The van der Waals surface area contributed by atoms with Gasteiger partial charge < -0.3 is 10.0 Å². The lowest BCUT2D eigenvalue weighted by molar-refractivity contribution is -0.149. The molecule has 0 saturated carbocycles. The normalized spacial score (nSPS) is 28.4. The summed E-state index contributed by atoms with van der Waals surface area (Å²) in [4.78, 5) is 28.0. The third-order valence-corrected chi connectivity index (χ3v) is 2.82. The van der Waals surface area contributed by atoms with Crippen LogP contribution < -0.4 is 0 Å². The summed E-state index contributed by atoms with van der Waals surface area (Å²) in [6.45, 7) is 3.40. The van der Waals surface area contributed by atoms with Gasteiger partial charge in [0.2, 0.25) is 0 Å². The molecule has 0 aromatic carbocycles. The van der Waals surface area contributed by atoms with Gasteiger partial charge in [-0.05, 0) is 31.6 Å². The quantitative estimate of drug-likeness (QED) is 0.713. The summed E-state index contributed by atoms with van der Waals surface area (Å²) >= 11 is 0. The maximum Gasteiger partial charge on any atom is 0.330 e. The zero-order valence-electron chi connectivity index (χ0n) is 9.10. The van der Waals surface area contributed by atoms with Gasteiger partial charge in [-0.2, -0.15) is 4.99 Å². The van der Waals surface area contributed by atoms with Crippen molar-refractivity contribution in [1.29, 1.82) is 0 Å². The topological polar surface area (TPSA) is 70.0 Å². The molecule has 0 bridgehead atoms. The van der Waals surface area contributed by atoms with E-state index in [2.05, 4.69) is 4.99 Å². The van der Waals surface area contributed by atoms with Gasteiger partial charge in [0.15, 0.2) is 0 Å². The second kappa shape index (κ2) is 3.30. The monoisotopic (exact) mass is 220 g/mol. The van der Waals surface area contributed by atoms with Crippen LogP contribution in [0.15, 0.2) is 28.9 Å². The van der Waals surface area contributed by atoms with Crippen molar-refractivity contribution in [2.45, 2.75) is 25.8 Å². The molecule has 0 aliphatic carbocycles. The fraction of sp³-hybridized carbons (Fsp3) is 0.364. The molecular weight excluding hydrogens is 208 g/mol. The van der Waals surface area contributed by atoms with Crippen LogP contribution in [0, 0.1) is 0 Å². The van der Waals surface area contributed by atoms with Gasteiger partial charge in [0.25, 0.3) is 5.91 Å². The number of carboxylic acids is 1. The molecule has 2 rings (SSSR count). The minimum Gasteiger partial charge on any atom is -0.479 e. The molecule has 84 valence electrons. The predicted molar refractivity (Wildman–Crippen MR) is 57.8 cm³/mol. The first-order valence-corrected chi connectivity index (χ1v) is 4.94. The number of aliphatic carboxylic acids is 1. The van der Waals surface area contributed by atoms with Crippen LogP contribution in [0.1, 0.15) is 20.3 Å². The Kier molecular flexibility index (Phi) is 2.18. The molecule has 2 heterocycles. The van der Waals surface area contributed by atoms with Crippen molar-refractivity contribution >= 4 is 17.7 Å². The van der Waals surface area contributed by atoms with Crippen LogP contribution in [0.3, 0.4) is 0 Å². The first-order chi connectivity index (χ1) is 7.43. The number of nitrogens with zero attached hydrogens (tertiary/aromatic N) is 2. The summed E-state index contributed by atoms with van der Waals surface area (Å²) in [5, 5.41) is 9.22. The summed E-state index contributed by atoms with van der Waals surface area (Å²) in [5.74, 6) is -1.01. The molecule has 5 nitrogen and oxygen atoms in total. The number of carbonyl (C=O) groups is 2. The fourth-order valence-corrected chi connectivity index (χ4v) is 1.82. The van der Waals surface area contributed by atoms with Gasteiger partial charge >= 0.3 is 5.97 Å². The number of allylic oxidation sites excluding steroid dienone is 2. The Bertz CT molecular complexity index is 462. The van der Waals surface area contributed by atoms with E-state index in [4.69, 9.17) is 0 Å². The average Bonchev–Trinajstić information content (AvgIpc) is 2.15. The second-order valence-corrected chi connectivity index (χ2v) is 4.19. The van der Waals surface area contributed by atoms with Crippen molar-refractivity contribution in [3.05, 3.63) is 23.9 Å². The number of hydrogen-bond donors (Lipinski definition) is 1. The largest absolute Gasteiger partial charge is 0.479 e. The third kappa shape index (κ3) is 1.44. The lowest BCUT2D eigenvalue weighted by Crippen LogP contribution is -2.56. The lowest BCUT2D eigenvalue weighted by atomic mass is 9.92. The number of carbonyl (C=O) groups excluding carboxylic acids is 1. The zero-order chi connectivity index (χ0) is 11.9. The molecule has 16 heavy (non-hydrogen) atoms. The molecule has 0 fully saturated rings. The maximum atomic E-state index is 11.4. The van der Waals surface area contributed by atoms with E-state index in [-0.39, 0.29) is 6.42 Å². The lowest BCUT2D eigenvalue weighted by Gasteiger charge is -2.40. The fourth-order valence-electron chi connectivity index (χ4n) is 1.82. The van der Waals surface area contributed by atoms with Gasteiger partial charge in [0.1, 0.15) is 11.4 Å². The minimum absolute atomic E-state index is 0.108. The van der Waals surface area contributed by atoms with Gasteiger partial charge in [-0.15, -0.1) is 0 Å². The van der Waals surface area contributed by atoms with Gasteiger partial charge in [0, 0.05) is 6.20 Å². The summed E-state index contributed by atoms with van der Waals surface area (Å²) in [6.07, 6.45) is 5.06. The standard InChI is InChI=1S/C11H12N2O3/c1-7-3-4-13-8(5-7)12-9(14)6-11(13,2)10(15)16/h3-5H,6H2,1-2H3,(H,15,16)/t11-/m0/s1. The number of amides is 1. The van der Waals surface area contributed by atoms with Crippen molar-refractivity contribution in [2.24, 2.45) is 4.99 Å². The van der Waals surface area contributed by atoms with Crippen molar-refractivity contribution in [1.82, 2.24) is 4.90 Å². The molecule has 0 unspecified atom stereocenters. The van der Waals surface area contributed by atoms with Crippen molar-refractivity contribution in [2.75, 3.05) is 0 Å². The highest BCUT2D eigenvalue weighted by Gasteiger charge is 2.45. The van der Waals surface area contributed by atoms with E-state index in [1.807, 2.05) is 6.92 Å². The Balaban J connectivity index is 2.51. The third-order valence-electron chi connectivity index (χ3n) is 2.82. The minimum atomic E-state index is -1.23. The van der Waals surface area contributed by atoms with Crippen LogP contribution in [-0.2, 0) is 9.59 Å². The van der Waals surface area contributed by atoms with Crippen molar-refractivity contribution in [3.8, 4) is 0 Å². The molecule has 1 atom stereocenters. The zero-order valence-corrected chi connectivity index (χ0v) is 9.10. The van der Waals surface area contributed by atoms with E-state index >= 15 is 0 Å². The Morgan fingerprint density at radius 2 is 2.31 bits per heavy atom. The molecule has 1 amide bonds. The summed E-state index contributed by atoms with van der Waals surface area (Å²) in [6, 6.07) is 0. The molecular formula is C11H12N2O3. The Morgan fingerprint density at radius 3 is 2.94 bits per heavy atom. The molecule has 0 aromatic heterocycles. The summed E-state index contributed by atoms with van der Waals surface area (Å²) < 4.78 is 0. The van der Waals surface area contributed by atoms with Crippen LogP contribution >= 0.6 is 0 Å². The molecule has 5 heteroatoms. The molecule has 2 aliphatic heterocycles. The van der Waals surface area contributed by atoms with Crippen LogP contribution in [0.5, 0.6) is 0 Å². The molecule has 0 saturated heterocycles. The van der Waals surface area contributed by atoms with Gasteiger partial charge in [0.05, 0.1) is 6.42 Å².